The van der Waals surface area contributed by atoms with Gasteiger partial charge < -0.3 is 15.2 Å². The fraction of sp³-hybridized carbons (Fsp3) is 0.562. The summed E-state index contributed by atoms with van der Waals surface area (Å²) in [5, 5.41) is 12.3. The Morgan fingerprint density at radius 1 is 1.41 bits per heavy atom. The Kier molecular flexibility index (Phi) is 5.47. The van der Waals surface area contributed by atoms with Gasteiger partial charge in [-0.15, -0.1) is 0 Å². The first-order valence-corrected chi connectivity index (χ1v) is 7.40. The minimum atomic E-state index is -0.982. The van der Waals surface area contributed by atoms with Gasteiger partial charge in [-0.05, 0) is 18.9 Å². The van der Waals surface area contributed by atoms with E-state index in [0.717, 1.165) is 18.9 Å². The number of hydrogen-bond donors (Lipinski definition) is 2. The molecule has 122 valence electrons. The molecule has 0 aromatic heterocycles. The molecule has 1 aromatic rings. The number of carbonyl (C=O) groups excluding carboxylic acids is 1. The van der Waals surface area contributed by atoms with Crippen molar-refractivity contribution in [2.75, 3.05) is 20.3 Å². The molecule has 0 aliphatic heterocycles. The summed E-state index contributed by atoms with van der Waals surface area (Å²) in [5.74, 6) is -1.69. The van der Waals surface area contributed by atoms with Gasteiger partial charge in [0.05, 0.1) is 18.1 Å². The number of methoxy groups -OCH3 is 1. The SMILES string of the molecule is COC[C@@H](O)CNC(=O)C1(c2ccc(F)cc2F)CCCC1. The first-order valence-electron chi connectivity index (χ1n) is 7.40. The number of rotatable bonds is 6. The predicted molar refractivity (Wildman–Crippen MR) is 77.4 cm³/mol. The first kappa shape index (κ1) is 16.8. The summed E-state index contributed by atoms with van der Waals surface area (Å²) in [6, 6.07) is 3.33. The van der Waals surface area contributed by atoms with E-state index in [0.29, 0.717) is 12.8 Å². The summed E-state index contributed by atoms with van der Waals surface area (Å²) < 4.78 is 32.0. The Balaban J connectivity index is 2.19. The van der Waals surface area contributed by atoms with Crippen LogP contribution in [0.5, 0.6) is 0 Å². The zero-order valence-corrected chi connectivity index (χ0v) is 12.6. The molecule has 2 rings (SSSR count). The molecule has 1 atom stereocenters. The fourth-order valence-electron chi connectivity index (χ4n) is 3.11. The number of amides is 1. The summed E-state index contributed by atoms with van der Waals surface area (Å²) >= 11 is 0. The van der Waals surface area contributed by atoms with Gasteiger partial charge in [-0.2, -0.15) is 0 Å². The Morgan fingerprint density at radius 2 is 2.09 bits per heavy atom. The van der Waals surface area contributed by atoms with Crippen LogP contribution in [0.15, 0.2) is 18.2 Å². The number of nitrogens with one attached hydrogen (secondary N) is 1. The van der Waals surface area contributed by atoms with E-state index < -0.39 is 23.2 Å². The van der Waals surface area contributed by atoms with E-state index in [4.69, 9.17) is 4.74 Å². The summed E-state index contributed by atoms with van der Waals surface area (Å²) in [7, 11) is 1.46. The third kappa shape index (κ3) is 3.44. The van der Waals surface area contributed by atoms with Crippen LogP contribution in [0.2, 0.25) is 0 Å². The molecule has 1 saturated carbocycles. The van der Waals surface area contributed by atoms with Gasteiger partial charge >= 0.3 is 0 Å². The third-order valence-electron chi connectivity index (χ3n) is 4.20. The van der Waals surface area contributed by atoms with E-state index in [-0.39, 0.29) is 24.6 Å². The molecular formula is C16H21F2NO3. The third-order valence-corrected chi connectivity index (χ3v) is 4.20. The maximum Gasteiger partial charge on any atom is 0.230 e. The van der Waals surface area contributed by atoms with E-state index in [1.807, 2.05) is 0 Å². The van der Waals surface area contributed by atoms with Crippen LogP contribution in [0.1, 0.15) is 31.2 Å². The van der Waals surface area contributed by atoms with Crippen LogP contribution in [-0.4, -0.2) is 37.4 Å². The van der Waals surface area contributed by atoms with Crippen molar-refractivity contribution in [2.24, 2.45) is 0 Å². The van der Waals surface area contributed by atoms with Gasteiger partial charge in [0.1, 0.15) is 11.6 Å². The van der Waals surface area contributed by atoms with Crippen molar-refractivity contribution < 1.29 is 23.4 Å². The molecular weight excluding hydrogens is 292 g/mol. The molecule has 0 radical (unpaired) electrons. The predicted octanol–water partition coefficient (Wildman–Crippen LogP) is 1.90. The second-order valence-corrected chi connectivity index (χ2v) is 5.73. The van der Waals surface area contributed by atoms with E-state index in [2.05, 4.69) is 5.32 Å². The minimum Gasteiger partial charge on any atom is -0.389 e. The first-order chi connectivity index (χ1) is 10.5. The lowest BCUT2D eigenvalue weighted by molar-refractivity contribution is -0.127. The van der Waals surface area contributed by atoms with Crippen molar-refractivity contribution >= 4 is 5.91 Å². The summed E-state index contributed by atoms with van der Waals surface area (Å²) in [6.07, 6.45) is 1.84. The molecule has 0 unspecified atom stereocenters. The highest BCUT2D eigenvalue weighted by Gasteiger charge is 2.44. The molecule has 2 N–H and O–H groups in total. The highest BCUT2D eigenvalue weighted by molar-refractivity contribution is 5.88. The largest absolute Gasteiger partial charge is 0.389 e. The summed E-state index contributed by atoms with van der Waals surface area (Å²) in [4.78, 5) is 12.6. The number of hydrogen-bond acceptors (Lipinski definition) is 3. The zero-order chi connectivity index (χ0) is 16.2. The van der Waals surface area contributed by atoms with E-state index in [1.165, 1.54) is 19.2 Å². The summed E-state index contributed by atoms with van der Waals surface area (Å²) in [5.41, 5.74) is -0.755. The Bertz CT molecular complexity index is 530. The molecule has 4 nitrogen and oxygen atoms in total. The smallest absolute Gasteiger partial charge is 0.230 e. The normalized spacial score (nSPS) is 18.2. The second-order valence-electron chi connectivity index (χ2n) is 5.73. The highest BCUT2D eigenvalue weighted by Crippen LogP contribution is 2.42. The second kappa shape index (κ2) is 7.15. The van der Waals surface area contributed by atoms with Crippen molar-refractivity contribution in [3.8, 4) is 0 Å². The quantitative estimate of drug-likeness (QED) is 0.843. The molecule has 0 spiro atoms. The molecule has 1 fully saturated rings. The van der Waals surface area contributed by atoms with Gasteiger partial charge in [0.15, 0.2) is 0 Å². The molecule has 0 heterocycles. The number of aliphatic hydroxyl groups is 1. The molecule has 6 heteroatoms. The monoisotopic (exact) mass is 313 g/mol. The Labute approximate surface area is 128 Å². The van der Waals surface area contributed by atoms with Crippen molar-refractivity contribution in [3.63, 3.8) is 0 Å². The van der Waals surface area contributed by atoms with Crippen LogP contribution in [0.4, 0.5) is 8.78 Å². The van der Waals surface area contributed by atoms with E-state index >= 15 is 0 Å². The van der Waals surface area contributed by atoms with Crippen LogP contribution < -0.4 is 5.32 Å². The topological polar surface area (TPSA) is 58.6 Å². The van der Waals surface area contributed by atoms with Crippen LogP contribution >= 0.6 is 0 Å². The van der Waals surface area contributed by atoms with Gasteiger partial charge in [0.25, 0.3) is 0 Å². The molecule has 1 aromatic carbocycles. The number of benzene rings is 1. The number of aliphatic hydroxyl groups excluding tert-OH is 1. The molecule has 0 saturated heterocycles. The molecule has 0 bridgehead atoms. The lowest BCUT2D eigenvalue weighted by Gasteiger charge is -2.29. The van der Waals surface area contributed by atoms with Crippen LogP contribution in [0.25, 0.3) is 0 Å². The van der Waals surface area contributed by atoms with E-state index in [9.17, 15) is 18.7 Å². The summed E-state index contributed by atoms with van der Waals surface area (Å²) in [6.45, 7) is 0.148. The molecule has 1 aliphatic carbocycles. The van der Waals surface area contributed by atoms with Gasteiger partial charge in [0.2, 0.25) is 5.91 Å². The van der Waals surface area contributed by atoms with Crippen LogP contribution in [0.3, 0.4) is 0 Å². The zero-order valence-electron chi connectivity index (χ0n) is 12.6. The average Bonchev–Trinajstić information content (AvgIpc) is 2.95. The van der Waals surface area contributed by atoms with Gasteiger partial charge in [0, 0.05) is 25.3 Å². The lowest BCUT2D eigenvalue weighted by atomic mass is 9.77. The molecule has 1 aliphatic rings. The Hall–Kier alpha value is -1.53. The molecule has 22 heavy (non-hydrogen) atoms. The minimum absolute atomic E-state index is 0.0389. The number of halogens is 2. The van der Waals surface area contributed by atoms with Crippen molar-refractivity contribution in [1.29, 1.82) is 0 Å². The van der Waals surface area contributed by atoms with Crippen molar-refractivity contribution in [2.45, 2.75) is 37.2 Å². The maximum atomic E-state index is 14.1. The number of ether oxygens (including phenoxy) is 1. The maximum absolute atomic E-state index is 14.1. The van der Waals surface area contributed by atoms with Crippen molar-refractivity contribution in [1.82, 2.24) is 5.32 Å². The Morgan fingerprint density at radius 3 is 2.68 bits per heavy atom. The van der Waals surface area contributed by atoms with Crippen LogP contribution in [0, 0.1) is 11.6 Å². The standard InChI is InChI=1S/C16H21F2NO3/c1-22-10-12(20)9-19-15(21)16(6-2-3-7-16)13-5-4-11(17)8-14(13)18/h4-5,8,12,20H,2-3,6-7,9-10H2,1H3,(H,19,21)/t12-/m0/s1. The van der Waals surface area contributed by atoms with Gasteiger partial charge in [-0.25, -0.2) is 8.78 Å². The van der Waals surface area contributed by atoms with Crippen LogP contribution in [-0.2, 0) is 14.9 Å². The van der Waals surface area contributed by atoms with Gasteiger partial charge in [-0.3, -0.25) is 4.79 Å². The van der Waals surface area contributed by atoms with E-state index in [1.54, 1.807) is 0 Å². The fourth-order valence-corrected chi connectivity index (χ4v) is 3.11. The average molecular weight is 313 g/mol. The van der Waals surface area contributed by atoms with Crippen molar-refractivity contribution in [3.05, 3.63) is 35.4 Å². The lowest BCUT2D eigenvalue weighted by Crippen LogP contribution is -2.46. The number of carbonyl (C=O) groups is 1. The highest BCUT2D eigenvalue weighted by atomic mass is 19.1. The molecule has 1 amide bonds. The van der Waals surface area contributed by atoms with Gasteiger partial charge in [-0.1, -0.05) is 18.9 Å².